The highest BCUT2D eigenvalue weighted by atomic mass is 16.5. The molecular formula is C19H36N4O2. The summed E-state index contributed by atoms with van der Waals surface area (Å²) in [6.07, 6.45) is 4.98. The topological polar surface area (TPSA) is 62.0 Å². The van der Waals surface area contributed by atoms with Crippen LogP contribution in [0.15, 0.2) is 27.8 Å². The first-order chi connectivity index (χ1) is 12.1. The number of hydrogen-bond donors (Lipinski definition) is 2. The van der Waals surface area contributed by atoms with Crippen molar-refractivity contribution in [3.8, 4) is 0 Å². The van der Waals surface area contributed by atoms with E-state index >= 15 is 0 Å². The molecule has 0 fully saturated rings. The predicted octanol–water partition coefficient (Wildman–Crippen LogP) is 2.72. The maximum atomic E-state index is 5.58. The van der Waals surface area contributed by atoms with Gasteiger partial charge in [0.2, 0.25) is 0 Å². The third kappa shape index (κ3) is 8.40. The van der Waals surface area contributed by atoms with Crippen LogP contribution in [0, 0.1) is 5.92 Å². The largest absolute Gasteiger partial charge is 0.467 e. The summed E-state index contributed by atoms with van der Waals surface area (Å²) in [6, 6.07) is 4.30. The molecule has 0 aliphatic carbocycles. The summed E-state index contributed by atoms with van der Waals surface area (Å²) in [6.45, 7) is 7.48. The van der Waals surface area contributed by atoms with Gasteiger partial charge in [0.05, 0.1) is 6.26 Å². The first-order valence-corrected chi connectivity index (χ1v) is 9.33. The molecule has 1 atom stereocenters. The van der Waals surface area contributed by atoms with Crippen LogP contribution < -0.4 is 10.6 Å². The zero-order valence-corrected chi connectivity index (χ0v) is 16.5. The molecule has 1 aromatic rings. The summed E-state index contributed by atoms with van der Waals surface area (Å²) in [7, 11) is 6.11. The number of ether oxygens (including phenoxy) is 1. The normalized spacial score (nSPS) is 13.5. The van der Waals surface area contributed by atoms with Crippen LogP contribution in [-0.2, 0) is 11.3 Å². The van der Waals surface area contributed by atoms with E-state index in [1.165, 1.54) is 12.8 Å². The third-order valence-electron chi connectivity index (χ3n) is 4.54. The molecule has 1 rings (SSSR count). The Morgan fingerprint density at radius 1 is 1.28 bits per heavy atom. The third-order valence-corrected chi connectivity index (χ3v) is 4.54. The van der Waals surface area contributed by atoms with Crippen molar-refractivity contribution in [2.45, 2.75) is 45.8 Å². The van der Waals surface area contributed by atoms with Crippen LogP contribution in [0.1, 0.15) is 38.9 Å². The van der Waals surface area contributed by atoms with E-state index in [2.05, 4.69) is 48.5 Å². The van der Waals surface area contributed by atoms with E-state index in [-0.39, 0.29) is 0 Å². The smallest absolute Gasteiger partial charge is 0.191 e. The summed E-state index contributed by atoms with van der Waals surface area (Å²) < 4.78 is 10.8. The lowest BCUT2D eigenvalue weighted by Crippen LogP contribution is -2.48. The highest BCUT2D eigenvalue weighted by Gasteiger charge is 2.20. The van der Waals surface area contributed by atoms with E-state index in [1.807, 2.05) is 19.2 Å². The Labute approximate surface area is 153 Å². The lowest BCUT2D eigenvalue weighted by atomic mass is 9.93. The summed E-state index contributed by atoms with van der Waals surface area (Å²) in [5, 5.41) is 6.80. The number of guanidine groups is 1. The van der Waals surface area contributed by atoms with Crippen molar-refractivity contribution >= 4 is 5.96 Å². The molecule has 0 radical (unpaired) electrons. The molecule has 6 heteroatoms. The highest BCUT2D eigenvalue weighted by molar-refractivity contribution is 5.79. The van der Waals surface area contributed by atoms with Crippen molar-refractivity contribution < 1.29 is 9.15 Å². The molecule has 1 aromatic heterocycles. The molecule has 0 aliphatic heterocycles. The molecular weight excluding hydrogens is 316 g/mol. The second-order valence-corrected chi connectivity index (χ2v) is 6.47. The fourth-order valence-corrected chi connectivity index (χ4v) is 2.97. The Balaban J connectivity index is 2.22. The van der Waals surface area contributed by atoms with Gasteiger partial charge in [0, 0.05) is 32.8 Å². The van der Waals surface area contributed by atoms with Gasteiger partial charge in [-0.1, -0.05) is 26.7 Å². The van der Waals surface area contributed by atoms with Gasteiger partial charge in [-0.15, -0.1) is 0 Å². The Morgan fingerprint density at radius 2 is 2.04 bits per heavy atom. The number of likely N-dealkylation sites (N-methyl/N-ethyl adjacent to an activating group) is 1. The van der Waals surface area contributed by atoms with E-state index in [0.717, 1.165) is 31.2 Å². The van der Waals surface area contributed by atoms with Crippen molar-refractivity contribution in [2.24, 2.45) is 10.9 Å². The molecule has 1 heterocycles. The van der Waals surface area contributed by atoms with Gasteiger partial charge in [-0.05, 0) is 38.6 Å². The van der Waals surface area contributed by atoms with Gasteiger partial charge in [-0.2, -0.15) is 0 Å². The molecule has 1 unspecified atom stereocenters. The number of rotatable bonds is 12. The van der Waals surface area contributed by atoms with Gasteiger partial charge in [0.15, 0.2) is 5.96 Å². The van der Waals surface area contributed by atoms with E-state index in [4.69, 9.17) is 9.15 Å². The number of furan rings is 1. The van der Waals surface area contributed by atoms with E-state index in [0.29, 0.717) is 25.2 Å². The van der Waals surface area contributed by atoms with Crippen molar-refractivity contribution in [3.63, 3.8) is 0 Å². The molecule has 0 bridgehead atoms. The predicted molar refractivity (Wildman–Crippen MR) is 104 cm³/mol. The second kappa shape index (κ2) is 12.8. The molecule has 25 heavy (non-hydrogen) atoms. The maximum Gasteiger partial charge on any atom is 0.191 e. The van der Waals surface area contributed by atoms with E-state index in [1.54, 1.807) is 6.26 Å². The van der Waals surface area contributed by atoms with E-state index in [9.17, 15) is 0 Å². The molecule has 2 N–H and O–H groups in total. The van der Waals surface area contributed by atoms with Crippen LogP contribution in [0.5, 0.6) is 0 Å². The number of hydrogen-bond acceptors (Lipinski definition) is 4. The van der Waals surface area contributed by atoms with Gasteiger partial charge in [0.1, 0.15) is 12.4 Å². The first kappa shape index (κ1) is 21.5. The number of aliphatic imine (C=N–C) groups is 1. The van der Waals surface area contributed by atoms with Crippen LogP contribution >= 0.6 is 0 Å². The maximum absolute atomic E-state index is 5.58. The van der Waals surface area contributed by atoms with Gasteiger partial charge in [0.25, 0.3) is 0 Å². The zero-order chi connectivity index (χ0) is 18.5. The molecule has 0 saturated heterocycles. The minimum Gasteiger partial charge on any atom is -0.467 e. The summed E-state index contributed by atoms with van der Waals surface area (Å²) in [5.41, 5.74) is 0. The first-order valence-electron chi connectivity index (χ1n) is 9.33. The van der Waals surface area contributed by atoms with Crippen LogP contribution in [-0.4, -0.2) is 57.7 Å². The molecule has 0 spiro atoms. The molecule has 144 valence electrons. The summed E-state index contributed by atoms with van der Waals surface area (Å²) in [4.78, 5) is 6.61. The van der Waals surface area contributed by atoms with Gasteiger partial charge in [-0.3, -0.25) is 4.99 Å². The van der Waals surface area contributed by atoms with Crippen molar-refractivity contribution in [1.29, 1.82) is 0 Å². The van der Waals surface area contributed by atoms with Gasteiger partial charge in [-0.25, -0.2) is 0 Å². The molecule has 0 amide bonds. The number of nitrogens with zero attached hydrogens (tertiary/aromatic N) is 2. The van der Waals surface area contributed by atoms with Crippen molar-refractivity contribution in [1.82, 2.24) is 15.5 Å². The van der Waals surface area contributed by atoms with Crippen LogP contribution in [0.4, 0.5) is 0 Å². The number of nitrogens with one attached hydrogen (secondary N) is 2. The Hall–Kier alpha value is -1.53. The quantitative estimate of drug-likeness (QED) is 0.344. The minimum absolute atomic E-state index is 0.505. The summed E-state index contributed by atoms with van der Waals surface area (Å²) >= 11 is 0. The average Bonchev–Trinajstić information content (AvgIpc) is 3.12. The van der Waals surface area contributed by atoms with Gasteiger partial charge >= 0.3 is 0 Å². The fourth-order valence-electron chi connectivity index (χ4n) is 2.97. The van der Waals surface area contributed by atoms with Crippen molar-refractivity contribution in [3.05, 3.63) is 24.2 Å². The SMILES string of the molecule is CCC(CC)C(CNC(=NC)NCCCOCc1ccco1)N(C)C. The molecule has 6 nitrogen and oxygen atoms in total. The molecule has 0 aromatic carbocycles. The lowest BCUT2D eigenvalue weighted by Gasteiger charge is -2.32. The standard InChI is InChI=1S/C19H36N4O2/c1-6-16(7-2)18(23(4)5)14-22-19(20-3)21-11-9-12-24-15-17-10-8-13-25-17/h8,10,13,16,18H,6-7,9,11-12,14-15H2,1-5H3,(H2,20,21,22). The zero-order valence-electron chi connectivity index (χ0n) is 16.5. The van der Waals surface area contributed by atoms with E-state index < -0.39 is 0 Å². The highest BCUT2D eigenvalue weighted by Crippen LogP contribution is 2.16. The molecule has 0 saturated carbocycles. The Kier molecular flexibility index (Phi) is 11.0. The fraction of sp³-hybridized carbons (Fsp3) is 0.737. The lowest BCUT2D eigenvalue weighted by molar-refractivity contribution is 0.105. The Morgan fingerprint density at radius 3 is 2.60 bits per heavy atom. The average molecular weight is 353 g/mol. The van der Waals surface area contributed by atoms with Gasteiger partial charge < -0.3 is 24.7 Å². The monoisotopic (exact) mass is 352 g/mol. The minimum atomic E-state index is 0.505. The Bertz CT molecular complexity index is 456. The molecule has 0 aliphatic rings. The summed E-state index contributed by atoms with van der Waals surface area (Å²) in [5.74, 6) is 2.40. The van der Waals surface area contributed by atoms with Crippen molar-refractivity contribution in [2.75, 3.05) is 40.8 Å². The van der Waals surface area contributed by atoms with Crippen LogP contribution in [0.25, 0.3) is 0 Å². The second-order valence-electron chi connectivity index (χ2n) is 6.47. The van der Waals surface area contributed by atoms with Crippen LogP contribution in [0.2, 0.25) is 0 Å². The van der Waals surface area contributed by atoms with Crippen LogP contribution in [0.3, 0.4) is 0 Å².